The maximum absolute atomic E-state index is 6.04. The Hall–Kier alpha value is -0.750. The van der Waals surface area contributed by atoms with Gasteiger partial charge in [-0.2, -0.15) is 0 Å². The number of nitrogens with one attached hydrogen (secondary N) is 1. The Morgan fingerprint density at radius 1 is 1.43 bits per heavy atom. The van der Waals surface area contributed by atoms with E-state index in [0.29, 0.717) is 10.8 Å². The van der Waals surface area contributed by atoms with Crippen LogP contribution < -0.4 is 11.1 Å². The van der Waals surface area contributed by atoms with Crippen molar-refractivity contribution in [3.63, 3.8) is 0 Å². The lowest BCUT2D eigenvalue weighted by Crippen LogP contribution is -2.24. The minimum Gasteiger partial charge on any atom is -0.383 e. The third-order valence-electron chi connectivity index (χ3n) is 2.98. The molecule has 6 heteroatoms. The lowest BCUT2D eigenvalue weighted by atomic mass is 10.1. The number of anilines is 1. The number of benzene rings is 1. The van der Waals surface area contributed by atoms with Crippen LogP contribution in [0.4, 0.5) is 5.82 Å². The molecule has 0 spiro atoms. The van der Waals surface area contributed by atoms with E-state index >= 15 is 0 Å². The monoisotopic (exact) mass is 385 g/mol. The van der Waals surface area contributed by atoms with E-state index in [9.17, 15) is 0 Å². The second-order valence-electron chi connectivity index (χ2n) is 4.48. The predicted molar refractivity (Wildman–Crippen MR) is 94.9 cm³/mol. The molecule has 1 aromatic heterocycles. The molecule has 1 unspecified atom stereocenters. The van der Waals surface area contributed by atoms with Gasteiger partial charge in [0.25, 0.3) is 0 Å². The topological polar surface area (TPSA) is 50.9 Å². The molecule has 0 radical (unpaired) electrons. The highest BCUT2D eigenvalue weighted by Crippen LogP contribution is 2.32. The van der Waals surface area contributed by atoms with Gasteiger partial charge in [0.15, 0.2) is 0 Å². The zero-order chi connectivity index (χ0) is 15.2. The molecule has 21 heavy (non-hydrogen) atoms. The van der Waals surface area contributed by atoms with Gasteiger partial charge < -0.3 is 11.1 Å². The van der Waals surface area contributed by atoms with Crippen molar-refractivity contribution in [3.05, 3.63) is 51.6 Å². The van der Waals surface area contributed by atoms with Crippen molar-refractivity contribution in [2.24, 2.45) is 0 Å². The Morgan fingerprint density at radius 3 is 2.90 bits per heavy atom. The number of hydrogen-bond acceptors (Lipinski definition) is 4. The normalized spacial score (nSPS) is 12.3. The maximum atomic E-state index is 6.04. The lowest BCUT2D eigenvalue weighted by Gasteiger charge is -2.19. The summed E-state index contributed by atoms with van der Waals surface area (Å²) < 4.78 is 1.10. The van der Waals surface area contributed by atoms with Gasteiger partial charge >= 0.3 is 0 Å². The van der Waals surface area contributed by atoms with Crippen molar-refractivity contribution < 1.29 is 0 Å². The number of thioether (sulfide) groups is 1. The third kappa shape index (κ3) is 4.61. The average molecular weight is 387 g/mol. The number of halogens is 2. The van der Waals surface area contributed by atoms with Gasteiger partial charge in [-0.1, -0.05) is 30.7 Å². The molecule has 0 aliphatic carbocycles. The minimum atomic E-state index is 0.110. The van der Waals surface area contributed by atoms with Gasteiger partial charge in [-0.15, -0.1) is 11.8 Å². The highest BCUT2D eigenvalue weighted by molar-refractivity contribution is 9.10. The van der Waals surface area contributed by atoms with E-state index in [-0.39, 0.29) is 6.04 Å². The fraction of sp³-hybridized carbons (Fsp3) is 0.267. The smallest absolute Gasteiger partial charge is 0.128 e. The fourth-order valence-electron chi connectivity index (χ4n) is 1.98. The SMILES string of the molecule is CCNC(CSc1ccccc1Br)c1cc(Cl)cnc1N. The summed E-state index contributed by atoms with van der Waals surface area (Å²) in [5, 5.41) is 4.05. The summed E-state index contributed by atoms with van der Waals surface area (Å²) in [6.07, 6.45) is 1.57. The number of aromatic nitrogens is 1. The molecule has 1 aromatic carbocycles. The van der Waals surface area contributed by atoms with E-state index in [1.54, 1.807) is 18.0 Å². The van der Waals surface area contributed by atoms with Crippen LogP contribution in [0.25, 0.3) is 0 Å². The van der Waals surface area contributed by atoms with Crippen LogP contribution in [-0.2, 0) is 0 Å². The van der Waals surface area contributed by atoms with Crippen molar-refractivity contribution in [1.29, 1.82) is 0 Å². The lowest BCUT2D eigenvalue weighted by molar-refractivity contribution is 0.606. The molecule has 0 aliphatic rings. The quantitative estimate of drug-likeness (QED) is 0.717. The second kappa shape index (κ2) is 8.03. The van der Waals surface area contributed by atoms with Crippen LogP contribution in [0.5, 0.6) is 0 Å². The molecule has 3 nitrogen and oxygen atoms in total. The third-order valence-corrected chi connectivity index (χ3v) is 5.31. The first-order chi connectivity index (χ1) is 10.1. The van der Waals surface area contributed by atoms with E-state index in [1.807, 2.05) is 24.3 Å². The summed E-state index contributed by atoms with van der Waals surface area (Å²) in [4.78, 5) is 5.34. The Balaban J connectivity index is 2.16. The minimum absolute atomic E-state index is 0.110. The Bertz CT molecular complexity index is 609. The molecular formula is C15H17BrClN3S. The van der Waals surface area contributed by atoms with Crippen LogP contribution in [0, 0.1) is 0 Å². The highest BCUT2D eigenvalue weighted by Gasteiger charge is 2.16. The summed E-state index contributed by atoms with van der Waals surface area (Å²) in [6.45, 7) is 2.93. The van der Waals surface area contributed by atoms with Gasteiger partial charge in [-0.3, -0.25) is 0 Å². The number of nitrogen functional groups attached to an aromatic ring is 1. The standard InChI is InChI=1S/C15H17BrClN3S/c1-2-19-13(11-7-10(17)8-20-15(11)18)9-21-14-6-4-3-5-12(14)16/h3-8,13,19H,2,9H2,1H3,(H2,18,20). The van der Waals surface area contributed by atoms with Gasteiger partial charge in [0.1, 0.15) is 5.82 Å². The summed E-state index contributed by atoms with van der Waals surface area (Å²) in [7, 11) is 0. The summed E-state index contributed by atoms with van der Waals surface area (Å²) >= 11 is 11.4. The molecule has 1 heterocycles. The molecule has 0 fully saturated rings. The summed E-state index contributed by atoms with van der Waals surface area (Å²) in [6, 6.07) is 10.2. The molecular weight excluding hydrogens is 370 g/mol. The number of pyridine rings is 1. The first-order valence-electron chi connectivity index (χ1n) is 6.63. The molecule has 2 aromatic rings. The largest absolute Gasteiger partial charge is 0.383 e. The molecule has 0 bridgehead atoms. The van der Waals surface area contributed by atoms with Crippen molar-refractivity contribution in [1.82, 2.24) is 10.3 Å². The highest BCUT2D eigenvalue weighted by atomic mass is 79.9. The van der Waals surface area contributed by atoms with E-state index in [0.717, 1.165) is 22.3 Å². The van der Waals surface area contributed by atoms with Crippen LogP contribution >= 0.6 is 39.3 Å². The van der Waals surface area contributed by atoms with E-state index in [4.69, 9.17) is 17.3 Å². The first kappa shape index (κ1) is 16.6. The van der Waals surface area contributed by atoms with Crippen LogP contribution in [0.2, 0.25) is 5.02 Å². The Kier molecular flexibility index (Phi) is 6.36. The average Bonchev–Trinajstić information content (AvgIpc) is 2.48. The van der Waals surface area contributed by atoms with Gasteiger partial charge in [0, 0.05) is 32.9 Å². The van der Waals surface area contributed by atoms with Gasteiger partial charge in [-0.05, 0) is 40.7 Å². The maximum Gasteiger partial charge on any atom is 0.128 e. The molecule has 112 valence electrons. The number of nitrogens with zero attached hydrogens (tertiary/aromatic N) is 1. The zero-order valence-corrected chi connectivity index (χ0v) is 14.8. The van der Waals surface area contributed by atoms with Gasteiger partial charge in [0.05, 0.1) is 5.02 Å². The number of nitrogens with two attached hydrogens (primary N) is 1. The van der Waals surface area contributed by atoms with Crippen molar-refractivity contribution in [2.45, 2.75) is 17.9 Å². The molecule has 0 aliphatic heterocycles. The predicted octanol–water partition coefficient (Wildman–Crippen LogP) is 4.52. The fourth-order valence-corrected chi connectivity index (χ4v) is 3.80. The first-order valence-corrected chi connectivity index (χ1v) is 8.79. The second-order valence-corrected chi connectivity index (χ2v) is 6.83. The van der Waals surface area contributed by atoms with E-state index < -0.39 is 0 Å². The van der Waals surface area contributed by atoms with Crippen LogP contribution in [-0.4, -0.2) is 17.3 Å². The molecule has 1 atom stereocenters. The molecule has 0 saturated heterocycles. The molecule has 3 N–H and O–H groups in total. The van der Waals surface area contributed by atoms with Gasteiger partial charge in [0.2, 0.25) is 0 Å². The molecule has 0 amide bonds. The molecule has 0 saturated carbocycles. The Morgan fingerprint density at radius 2 is 2.19 bits per heavy atom. The van der Waals surface area contributed by atoms with Crippen LogP contribution in [0.3, 0.4) is 0 Å². The van der Waals surface area contributed by atoms with Gasteiger partial charge in [-0.25, -0.2) is 4.98 Å². The van der Waals surface area contributed by atoms with Crippen LogP contribution in [0.1, 0.15) is 18.5 Å². The summed E-state index contributed by atoms with van der Waals surface area (Å²) in [5.74, 6) is 1.38. The summed E-state index contributed by atoms with van der Waals surface area (Å²) in [5.41, 5.74) is 6.94. The number of hydrogen-bond donors (Lipinski definition) is 2. The zero-order valence-electron chi connectivity index (χ0n) is 11.6. The van der Waals surface area contributed by atoms with Crippen molar-refractivity contribution >= 4 is 45.1 Å². The van der Waals surface area contributed by atoms with Crippen molar-refractivity contribution in [3.8, 4) is 0 Å². The molecule has 2 rings (SSSR count). The number of rotatable bonds is 6. The Labute approximate surface area is 142 Å². The van der Waals surface area contributed by atoms with E-state index in [1.165, 1.54) is 4.90 Å². The van der Waals surface area contributed by atoms with Crippen LogP contribution in [0.15, 0.2) is 45.9 Å². The van der Waals surface area contributed by atoms with E-state index in [2.05, 4.69) is 39.2 Å². The van der Waals surface area contributed by atoms with Crippen molar-refractivity contribution in [2.75, 3.05) is 18.0 Å².